The molecule has 3 aromatic rings. The first-order valence-electron chi connectivity index (χ1n) is 11.9. The number of hydrogen-bond acceptors (Lipinski definition) is 7. The van der Waals surface area contributed by atoms with Crippen LogP contribution in [0.25, 0.3) is 11.1 Å². The van der Waals surface area contributed by atoms with Crippen LogP contribution in [0, 0.1) is 5.92 Å². The predicted molar refractivity (Wildman–Crippen MR) is 137 cm³/mol. The van der Waals surface area contributed by atoms with Crippen molar-refractivity contribution in [1.29, 1.82) is 0 Å². The molecule has 0 spiro atoms. The highest BCUT2D eigenvalue weighted by Gasteiger charge is 2.11. The van der Waals surface area contributed by atoms with Crippen LogP contribution in [-0.4, -0.2) is 45.5 Å². The summed E-state index contributed by atoms with van der Waals surface area (Å²) in [6.45, 7) is 5.02. The Morgan fingerprint density at radius 2 is 1.28 bits per heavy atom. The Morgan fingerprint density at radius 1 is 0.722 bits per heavy atom. The molecule has 0 heterocycles. The second-order valence-corrected chi connectivity index (χ2v) is 8.10. The zero-order valence-corrected chi connectivity index (χ0v) is 20.9. The predicted octanol–water partition coefficient (Wildman–Crippen LogP) is 5.57. The molecular weight excluding hydrogens is 460 g/mol. The Labute approximate surface area is 211 Å². The van der Waals surface area contributed by atoms with E-state index < -0.39 is 5.97 Å². The molecule has 1 unspecified atom stereocenters. The molecule has 0 saturated carbocycles. The van der Waals surface area contributed by atoms with E-state index in [1.165, 1.54) is 0 Å². The lowest BCUT2D eigenvalue weighted by Crippen LogP contribution is -2.18. The fraction of sp³-hybridized carbons (Fsp3) is 0.310. The quantitative estimate of drug-likeness (QED) is 0.175. The van der Waals surface area contributed by atoms with Crippen molar-refractivity contribution in [2.75, 3.05) is 33.5 Å². The molecule has 0 radical (unpaired) electrons. The molecule has 0 aliphatic carbocycles. The second-order valence-electron chi connectivity index (χ2n) is 8.10. The number of methoxy groups -OCH3 is 1. The lowest BCUT2D eigenvalue weighted by molar-refractivity contribution is -0.149. The number of carbonyl (C=O) groups is 2. The maximum absolute atomic E-state index is 12.5. The molecule has 0 fully saturated rings. The van der Waals surface area contributed by atoms with E-state index >= 15 is 0 Å². The molecule has 1 atom stereocenters. The molecule has 3 aromatic carbocycles. The Hall–Kier alpha value is -3.84. The average Bonchev–Trinajstić information content (AvgIpc) is 2.92. The van der Waals surface area contributed by atoms with Gasteiger partial charge in [0.05, 0.1) is 31.8 Å². The first-order valence-corrected chi connectivity index (χ1v) is 11.9. The van der Waals surface area contributed by atoms with Crippen molar-refractivity contribution in [3.8, 4) is 28.4 Å². The molecule has 36 heavy (non-hydrogen) atoms. The van der Waals surface area contributed by atoms with Crippen LogP contribution < -0.4 is 14.2 Å². The Morgan fingerprint density at radius 3 is 1.86 bits per heavy atom. The van der Waals surface area contributed by atoms with Gasteiger partial charge in [0, 0.05) is 0 Å². The number of rotatable bonds is 13. The van der Waals surface area contributed by atoms with Crippen LogP contribution in [-0.2, 0) is 14.3 Å². The molecule has 0 aromatic heterocycles. The van der Waals surface area contributed by atoms with Crippen molar-refractivity contribution in [3.05, 3.63) is 78.4 Å². The van der Waals surface area contributed by atoms with Gasteiger partial charge in [-0.3, -0.25) is 4.79 Å². The van der Waals surface area contributed by atoms with Crippen LogP contribution in [0.4, 0.5) is 0 Å². The van der Waals surface area contributed by atoms with Gasteiger partial charge in [0.1, 0.15) is 30.5 Å². The second kappa shape index (κ2) is 13.9. The number of esters is 2. The summed E-state index contributed by atoms with van der Waals surface area (Å²) in [6, 6.07) is 21.8. The normalized spacial score (nSPS) is 11.4. The van der Waals surface area contributed by atoms with E-state index in [1.807, 2.05) is 50.2 Å². The summed E-state index contributed by atoms with van der Waals surface area (Å²) in [7, 11) is 1.63. The van der Waals surface area contributed by atoms with Gasteiger partial charge in [-0.15, -0.1) is 0 Å². The van der Waals surface area contributed by atoms with Gasteiger partial charge in [-0.1, -0.05) is 38.1 Å². The van der Waals surface area contributed by atoms with Crippen LogP contribution in [0.15, 0.2) is 72.8 Å². The van der Waals surface area contributed by atoms with E-state index in [1.54, 1.807) is 43.5 Å². The minimum atomic E-state index is -0.450. The molecule has 3 rings (SSSR count). The number of benzene rings is 3. The maximum atomic E-state index is 12.5. The van der Waals surface area contributed by atoms with Crippen LogP contribution in [0.3, 0.4) is 0 Å². The van der Waals surface area contributed by atoms with Crippen molar-refractivity contribution in [1.82, 2.24) is 0 Å². The zero-order valence-electron chi connectivity index (χ0n) is 20.9. The molecular formula is C29H32O7. The summed E-state index contributed by atoms with van der Waals surface area (Å²) in [6.07, 6.45) is 0.752. The minimum Gasteiger partial charge on any atom is -0.497 e. The first-order chi connectivity index (χ1) is 17.5. The molecule has 0 aliphatic rings. The number of hydrogen-bond donors (Lipinski definition) is 0. The number of ether oxygens (including phenoxy) is 5. The lowest BCUT2D eigenvalue weighted by Gasteiger charge is -2.10. The van der Waals surface area contributed by atoms with Crippen molar-refractivity contribution in [2.24, 2.45) is 5.92 Å². The maximum Gasteiger partial charge on any atom is 0.343 e. The fourth-order valence-corrected chi connectivity index (χ4v) is 3.18. The molecule has 7 heteroatoms. The topological polar surface area (TPSA) is 80.3 Å². The SMILES string of the molecule is CCC(C)C(=O)OCCOCCOc1ccc(C(=O)Oc2ccc(-c3ccc(OC)cc3)cc2)cc1. The summed E-state index contributed by atoms with van der Waals surface area (Å²) in [5.41, 5.74) is 2.47. The fourth-order valence-electron chi connectivity index (χ4n) is 3.18. The standard InChI is InChI=1S/C29H32O7/c1-4-21(2)28(30)35-20-18-33-17-19-34-26-13-9-24(10-14-26)29(31)36-27-15-7-23(8-16-27)22-5-11-25(32-3)12-6-22/h5-16,21H,4,17-20H2,1-3H3. The van der Waals surface area contributed by atoms with Crippen LogP contribution in [0.2, 0.25) is 0 Å². The summed E-state index contributed by atoms with van der Waals surface area (Å²) < 4.78 is 26.8. The van der Waals surface area contributed by atoms with Gasteiger partial charge in [-0.05, 0) is 66.1 Å². The number of carbonyl (C=O) groups excluding carboxylic acids is 2. The monoisotopic (exact) mass is 492 g/mol. The van der Waals surface area contributed by atoms with Gasteiger partial charge in [0.15, 0.2) is 0 Å². The third-order valence-electron chi connectivity index (χ3n) is 5.56. The third kappa shape index (κ3) is 8.13. The molecule has 7 nitrogen and oxygen atoms in total. The van der Waals surface area contributed by atoms with Gasteiger partial charge >= 0.3 is 11.9 Å². The minimum absolute atomic E-state index is 0.0979. The van der Waals surface area contributed by atoms with Crippen LogP contribution in [0.5, 0.6) is 17.2 Å². The van der Waals surface area contributed by atoms with Crippen molar-refractivity contribution in [3.63, 3.8) is 0 Å². The highest BCUT2D eigenvalue weighted by atomic mass is 16.6. The smallest absolute Gasteiger partial charge is 0.343 e. The van der Waals surface area contributed by atoms with E-state index in [0.29, 0.717) is 36.9 Å². The van der Waals surface area contributed by atoms with Gasteiger partial charge in [0.2, 0.25) is 0 Å². The van der Waals surface area contributed by atoms with Crippen molar-refractivity contribution in [2.45, 2.75) is 20.3 Å². The third-order valence-corrected chi connectivity index (χ3v) is 5.56. The molecule has 0 N–H and O–H groups in total. The molecule has 0 saturated heterocycles. The zero-order chi connectivity index (χ0) is 25.8. The largest absolute Gasteiger partial charge is 0.497 e. The van der Waals surface area contributed by atoms with E-state index in [9.17, 15) is 9.59 Å². The van der Waals surface area contributed by atoms with Crippen LogP contribution in [0.1, 0.15) is 30.6 Å². The Bertz CT molecular complexity index is 1090. The van der Waals surface area contributed by atoms with Gasteiger partial charge in [-0.25, -0.2) is 4.79 Å². The lowest BCUT2D eigenvalue weighted by atomic mass is 10.1. The van der Waals surface area contributed by atoms with Crippen molar-refractivity contribution >= 4 is 11.9 Å². The van der Waals surface area contributed by atoms with E-state index in [2.05, 4.69) is 0 Å². The summed E-state index contributed by atoms with van der Waals surface area (Å²) >= 11 is 0. The Kier molecular flexibility index (Phi) is 10.3. The van der Waals surface area contributed by atoms with E-state index in [4.69, 9.17) is 23.7 Å². The average molecular weight is 493 g/mol. The summed E-state index contributed by atoms with van der Waals surface area (Å²) in [5, 5.41) is 0. The van der Waals surface area contributed by atoms with Gasteiger partial charge < -0.3 is 23.7 Å². The first kappa shape index (κ1) is 26.8. The highest BCUT2D eigenvalue weighted by molar-refractivity contribution is 5.91. The Balaban J connectivity index is 1.38. The molecule has 0 amide bonds. The van der Waals surface area contributed by atoms with Crippen molar-refractivity contribution < 1.29 is 33.3 Å². The highest BCUT2D eigenvalue weighted by Crippen LogP contribution is 2.25. The molecule has 190 valence electrons. The van der Waals surface area contributed by atoms with Gasteiger partial charge in [0.25, 0.3) is 0 Å². The summed E-state index contributed by atoms with van der Waals surface area (Å²) in [4.78, 5) is 24.1. The molecule has 0 aliphatic heterocycles. The van der Waals surface area contributed by atoms with E-state index in [-0.39, 0.29) is 18.5 Å². The summed E-state index contributed by atoms with van der Waals surface area (Å²) in [5.74, 6) is 1.12. The van der Waals surface area contributed by atoms with E-state index in [0.717, 1.165) is 23.3 Å². The van der Waals surface area contributed by atoms with Gasteiger partial charge in [-0.2, -0.15) is 0 Å². The van der Waals surface area contributed by atoms with Crippen LogP contribution >= 0.6 is 0 Å². The molecule has 0 bridgehead atoms.